The zero-order valence-electron chi connectivity index (χ0n) is 49.6. The summed E-state index contributed by atoms with van der Waals surface area (Å²) in [6, 6.07) is 26.1. The second-order valence-electron chi connectivity index (χ2n) is 25.7. The molecular weight excluding hydrogens is 985 g/mol. The number of alkyl carbamates (subject to hydrolysis) is 1. The van der Waals surface area contributed by atoms with Gasteiger partial charge in [-0.3, -0.25) is 9.59 Å². The van der Waals surface area contributed by atoms with Crippen LogP contribution in [0.15, 0.2) is 90.5 Å². The number of amides is 2. The van der Waals surface area contributed by atoms with Gasteiger partial charge in [-0.15, -0.1) is 0 Å². The van der Waals surface area contributed by atoms with Gasteiger partial charge >= 0.3 is 12.1 Å². The molecule has 10 nitrogen and oxygen atoms in total. The molecule has 4 unspecified atom stereocenters. The van der Waals surface area contributed by atoms with Crippen molar-refractivity contribution in [2.24, 2.45) is 46.3 Å². The molecule has 434 valence electrons. The van der Waals surface area contributed by atoms with Crippen LogP contribution in [-0.2, 0) is 29.4 Å². The lowest BCUT2D eigenvalue weighted by atomic mass is 9.47. The Morgan fingerprint density at radius 1 is 0.671 bits per heavy atom. The summed E-state index contributed by atoms with van der Waals surface area (Å²) in [6.07, 6.45) is 27.1. The van der Waals surface area contributed by atoms with Crippen LogP contribution in [0.3, 0.4) is 0 Å². The third-order valence-corrected chi connectivity index (χ3v) is 20.3. The number of esters is 1. The first-order chi connectivity index (χ1) is 38.2. The lowest BCUT2D eigenvalue weighted by Gasteiger charge is -2.58. The number of hydrogen-bond acceptors (Lipinski definition) is 8. The number of carbonyl (C=O) groups excluding carboxylic acids is 3. The summed E-state index contributed by atoms with van der Waals surface area (Å²) in [5.74, 6) is 5.58. The fourth-order valence-corrected chi connectivity index (χ4v) is 15.9. The first kappa shape index (κ1) is 60.3. The van der Waals surface area contributed by atoms with Crippen molar-refractivity contribution in [1.29, 1.82) is 0 Å². The Balaban J connectivity index is 0.911. The number of ether oxygens (including phenoxy) is 5. The maximum Gasteiger partial charge on any atom is 0.407 e. The Hall–Kier alpha value is -4.83. The number of benzene rings is 3. The van der Waals surface area contributed by atoms with Crippen molar-refractivity contribution in [2.75, 3.05) is 27.4 Å². The number of methoxy groups -OCH3 is 2. The maximum atomic E-state index is 13.8. The highest BCUT2D eigenvalue weighted by molar-refractivity contribution is 5.81. The van der Waals surface area contributed by atoms with Gasteiger partial charge in [-0.2, -0.15) is 0 Å². The molecule has 5 aliphatic rings. The minimum Gasteiger partial charge on any atom is -0.497 e. The summed E-state index contributed by atoms with van der Waals surface area (Å²) in [5, 5.41) is 6.30. The molecule has 3 aromatic rings. The van der Waals surface area contributed by atoms with E-state index in [1.54, 1.807) is 14.2 Å². The number of rotatable bonds is 23. The van der Waals surface area contributed by atoms with E-state index >= 15 is 0 Å². The molecule has 8 rings (SSSR count). The summed E-state index contributed by atoms with van der Waals surface area (Å²) in [6.45, 7) is 12.9. The van der Waals surface area contributed by atoms with Crippen LogP contribution in [0, 0.1) is 46.3 Å². The lowest BCUT2D eigenvalue weighted by molar-refractivity contribution is -0.151. The van der Waals surface area contributed by atoms with E-state index in [1.165, 1.54) is 89.0 Å². The van der Waals surface area contributed by atoms with Gasteiger partial charge in [0, 0.05) is 38.3 Å². The van der Waals surface area contributed by atoms with Crippen LogP contribution in [0.4, 0.5) is 4.79 Å². The van der Waals surface area contributed by atoms with Crippen LogP contribution >= 0.6 is 0 Å². The van der Waals surface area contributed by atoms with Gasteiger partial charge < -0.3 is 34.3 Å². The molecule has 0 heterocycles. The molecule has 0 spiro atoms. The van der Waals surface area contributed by atoms with E-state index in [0.29, 0.717) is 24.2 Å². The van der Waals surface area contributed by atoms with Crippen LogP contribution in [0.5, 0.6) is 11.5 Å². The molecule has 4 fully saturated rings. The Labute approximate surface area is 476 Å². The number of carbonyl (C=O) groups is 3. The standard InChI is InChI=1S/C69H100N2O8/c1-49(2)20-19-21-50(3)61-36-37-62-60-35-30-54-48-59(40-44-67(54,4)63(60)41-45-68(61,62)5)79-66(74)70-46-42-58(78-65(73)39-38-64(72)71-55-24-17-12-10-8-9-11-13-18-25-55)43-47-77-69(51-22-15-14-16-23-51,52-26-31-56(75-6)32-27-52)53-28-33-57(76-7)34-29-53/h14-16,22-23,26-34,49-50,55,58-63H,8-13,17-21,24-25,35-48H2,1-7H3,(H,70,74)(H,71,72)/t50-,58?,59-,60?,61+,62?,63?,67-,68+/m0/s1. The topological polar surface area (TPSA) is 121 Å². The first-order valence-electron chi connectivity index (χ1n) is 31.4. The highest BCUT2D eigenvalue weighted by Gasteiger charge is 2.59. The molecule has 0 saturated heterocycles. The van der Waals surface area contributed by atoms with Crippen LogP contribution in [-0.4, -0.2) is 63.6 Å². The van der Waals surface area contributed by atoms with Gasteiger partial charge in [-0.05, 0) is 145 Å². The summed E-state index contributed by atoms with van der Waals surface area (Å²) >= 11 is 0. The Morgan fingerprint density at radius 3 is 1.94 bits per heavy atom. The van der Waals surface area contributed by atoms with E-state index in [9.17, 15) is 14.4 Å². The van der Waals surface area contributed by atoms with Crippen molar-refractivity contribution < 1.29 is 38.1 Å². The molecule has 0 radical (unpaired) electrons. The molecule has 3 aromatic carbocycles. The first-order valence-corrected chi connectivity index (χ1v) is 31.4. The van der Waals surface area contributed by atoms with Gasteiger partial charge in [0.05, 0.1) is 27.2 Å². The van der Waals surface area contributed by atoms with Gasteiger partial charge in [0.15, 0.2) is 0 Å². The molecule has 9 atom stereocenters. The fraction of sp³-hybridized carbons (Fsp3) is 0.667. The van der Waals surface area contributed by atoms with Crippen molar-refractivity contribution in [2.45, 2.75) is 219 Å². The van der Waals surface area contributed by atoms with E-state index in [4.69, 9.17) is 23.7 Å². The monoisotopic (exact) mass is 1080 g/mol. The lowest BCUT2D eigenvalue weighted by Crippen LogP contribution is -2.51. The predicted octanol–water partition coefficient (Wildman–Crippen LogP) is 16.0. The summed E-state index contributed by atoms with van der Waals surface area (Å²) in [4.78, 5) is 40.9. The van der Waals surface area contributed by atoms with Crippen molar-refractivity contribution in [3.8, 4) is 11.5 Å². The van der Waals surface area contributed by atoms with Crippen LogP contribution in [0.2, 0.25) is 0 Å². The SMILES string of the molecule is COc1ccc(C(OCCC(CCNC(=O)O[C@H]2CC[C@@]3(C)C(=CCC4C3CC[C@@]3(C)C4CC[C@@H]3[C@@H](C)CCCC(C)C)C2)OC(=O)CCC(=O)NC2CCCCCCCCCC2)(c2ccccc2)c2ccc(OC)cc2)cc1. The van der Waals surface area contributed by atoms with E-state index in [1.807, 2.05) is 66.7 Å². The number of hydrogen-bond donors (Lipinski definition) is 2. The number of allylic oxidation sites excluding steroid dienone is 1. The zero-order valence-corrected chi connectivity index (χ0v) is 49.6. The molecule has 5 aliphatic carbocycles. The fourth-order valence-electron chi connectivity index (χ4n) is 15.9. The molecule has 2 N–H and O–H groups in total. The molecule has 2 amide bonds. The molecule has 0 aliphatic heterocycles. The van der Waals surface area contributed by atoms with Crippen LogP contribution < -0.4 is 20.1 Å². The molecule has 4 saturated carbocycles. The van der Waals surface area contributed by atoms with Gasteiger partial charge in [0.25, 0.3) is 0 Å². The van der Waals surface area contributed by atoms with Gasteiger partial charge in [-0.25, -0.2) is 4.79 Å². The third-order valence-electron chi connectivity index (χ3n) is 20.3. The van der Waals surface area contributed by atoms with Crippen molar-refractivity contribution in [3.63, 3.8) is 0 Å². The molecule has 0 aromatic heterocycles. The smallest absolute Gasteiger partial charge is 0.407 e. The zero-order chi connectivity index (χ0) is 55.8. The van der Waals surface area contributed by atoms with E-state index < -0.39 is 23.8 Å². The summed E-state index contributed by atoms with van der Waals surface area (Å²) in [7, 11) is 3.31. The van der Waals surface area contributed by atoms with Crippen LogP contribution in [0.25, 0.3) is 0 Å². The number of nitrogens with one attached hydrogen (secondary N) is 2. The van der Waals surface area contributed by atoms with Crippen LogP contribution in [0.1, 0.15) is 212 Å². The average molecular weight is 1090 g/mol. The van der Waals surface area contributed by atoms with Gasteiger partial charge in [-0.1, -0.05) is 171 Å². The van der Waals surface area contributed by atoms with Gasteiger partial charge in [0.2, 0.25) is 5.91 Å². The molecule has 79 heavy (non-hydrogen) atoms. The highest BCUT2D eigenvalue weighted by Crippen LogP contribution is 2.67. The van der Waals surface area contributed by atoms with E-state index in [-0.39, 0.29) is 49.5 Å². The highest BCUT2D eigenvalue weighted by atomic mass is 16.6. The second-order valence-corrected chi connectivity index (χ2v) is 25.7. The predicted molar refractivity (Wildman–Crippen MR) is 316 cm³/mol. The molecular formula is C69H100N2O8. The summed E-state index contributed by atoms with van der Waals surface area (Å²) < 4.78 is 30.8. The second kappa shape index (κ2) is 28.7. The Bertz CT molecular complexity index is 2340. The van der Waals surface area contributed by atoms with E-state index in [2.05, 4.69) is 63.5 Å². The largest absolute Gasteiger partial charge is 0.497 e. The molecule has 0 bridgehead atoms. The number of fused-ring (bicyclic) bond motifs is 5. The van der Waals surface area contributed by atoms with Crippen molar-refractivity contribution in [1.82, 2.24) is 10.6 Å². The minimum atomic E-state index is -1.06. The Kier molecular flexibility index (Phi) is 21.9. The van der Waals surface area contributed by atoms with E-state index in [0.717, 1.165) is 109 Å². The van der Waals surface area contributed by atoms with Crippen molar-refractivity contribution in [3.05, 3.63) is 107 Å². The average Bonchev–Trinajstić information content (AvgIpc) is 3.62. The normalized spacial score (nSPS) is 26.4. The minimum absolute atomic E-state index is 0.0344. The molecule has 10 heteroatoms. The third kappa shape index (κ3) is 15.2. The quantitative estimate of drug-likeness (QED) is 0.0547. The summed E-state index contributed by atoms with van der Waals surface area (Å²) in [5.41, 5.74) is 3.77. The van der Waals surface area contributed by atoms with Gasteiger partial charge in [0.1, 0.15) is 29.3 Å². The van der Waals surface area contributed by atoms with Crippen molar-refractivity contribution >= 4 is 18.0 Å². The maximum absolute atomic E-state index is 13.8. The Morgan fingerprint density at radius 2 is 1.30 bits per heavy atom.